The molecular formula is C15H19N3O3. The third kappa shape index (κ3) is 5.06. The van der Waals surface area contributed by atoms with E-state index in [1.54, 1.807) is 24.3 Å². The van der Waals surface area contributed by atoms with Crippen molar-refractivity contribution in [2.45, 2.75) is 25.0 Å². The van der Waals surface area contributed by atoms with Crippen LogP contribution in [-0.4, -0.2) is 42.9 Å². The fourth-order valence-corrected chi connectivity index (χ4v) is 2.12. The molecule has 1 saturated heterocycles. The van der Waals surface area contributed by atoms with Gasteiger partial charge >= 0.3 is 0 Å². The fraction of sp³-hybridized carbons (Fsp3) is 0.467. The van der Waals surface area contributed by atoms with Crippen LogP contribution in [0.4, 0.5) is 0 Å². The minimum Gasteiger partial charge on any atom is -0.491 e. The first kappa shape index (κ1) is 15.3. The lowest BCUT2D eigenvalue weighted by Crippen LogP contribution is -2.48. The molecule has 1 fully saturated rings. The molecule has 2 rings (SSSR count). The normalized spacial score (nSPS) is 19.4. The Labute approximate surface area is 123 Å². The molecular weight excluding hydrogens is 270 g/mol. The smallest absolute Gasteiger partial charge is 0.220 e. The van der Waals surface area contributed by atoms with E-state index in [-0.39, 0.29) is 18.6 Å². The van der Waals surface area contributed by atoms with Gasteiger partial charge in [0, 0.05) is 25.6 Å². The van der Waals surface area contributed by atoms with Gasteiger partial charge in [0.25, 0.3) is 0 Å². The summed E-state index contributed by atoms with van der Waals surface area (Å²) in [7, 11) is 0. The summed E-state index contributed by atoms with van der Waals surface area (Å²) in [4.78, 5) is 11.0. The highest BCUT2D eigenvalue weighted by Gasteiger charge is 2.18. The third-order valence-corrected chi connectivity index (χ3v) is 3.31. The van der Waals surface area contributed by atoms with Crippen LogP contribution < -0.4 is 15.4 Å². The molecule has 0 saturated carbocycles. The number of aliphatic hydroxyl groups is 1. The zero-order chi connectivity index (χ0) is 15.1. The van der Waals surface area contributed by atoms with Gasteiger partial charge in [0.2, 0.25) is 5.91 Å². The molecule has 1 aromatic carbocycles. The number of hydrogen-bond donors (Lipinski definition) is 3. The summed E-state index contributed by atoms with van der Waals surface area (Å²) in [5.74, 6) is 0.646. The SMILES string of the molecule is N#Cc1cccc(OCC(O)CNC2CCC(=O)NC2)c1. The van der Waals surface area contributed by atoms with Crippen molar-refractivity contribution < 1.29 is 14.6 Å². The summed E-state index contributed by atoms with van der Waals surface area (Å²) in [6.45, 7) is 1.15. The Kier molecular flexibility index (Phi) is 5.55. The van der Waals surface area contributed by atoms with Crippen LogP contribution in [0, 0.1) is 11.3 Å². The van der Waals surface area contributed by atoms with Crippen molar-refractivity contribution in [3.05, 3.63) is 29.8 Å². The van der Waals surface area contributed by atoms with Gasteiger partial charge in [0.1, 0.15) is 18.5 Å². The monoisotopic (exact) mass is 289 g/mol. The van der Waals surface area contributed by atoms with E-state index >= 15 is 0 Å². The first-order valence-electron chi connectivity index (χ1n) is 6.98. The number of hydrogen-bond acceptors (Lipinski definition) is 5. The zero-order valence-corrected chi connectivity index (χ0v) is 11.7. The molecule has 6 heteroatoms. The van der Waals surface area contributed by atoms with E-state index in [0.717, 1.165) is 6.42 Å². The standard InChI is InChI=1S/C15H19N3O3/c16-7-11-2-1-3-14(6-11)21-10-13(19)9-17-12-4-5-15(20)18-8-12/h1-3,6,12-13,17,19H,4-5,8-10H2,(H,18,20). The first-order valence-corrected chi connectivity index (χ1v) is 6.98. The number of amides is 1. The van der Waals surface area contributed by atoms with Crippen LogP contribution in [0.5, 0.6) is 5.75 Å². The predicted molar refractivity (Wildman–Crippen MR) is 76.7 cm³/mol. The van der Waals surface area contributed by atoms with E-state index in [2.05, 4.69) is 10.6 Å². The second-order valence-electron chi connectivity index (χ2n) is 5.05. The quantitative estimate of drug-likeness (QED) is 0.694. The van der Waals surface area contributed by atoms with Crippen LogP contribution in [0.3, 0.4) is 0 Å². The summed E-state index contributed by atoms with van der Waals surface area (Å²) in [5, 5.41) is 24.7. The molecule has 6 nitrogen and oxygen atoms in total. The van der Waals surface area contributed by atoms with Gasteiger partial charge in [-0.3, -0.25) is 4.79 Å². The molecule has 0 spiro atoms. The van der Waals surface area contributed by atoms with Crippen LogP contribution in [0.15, 0.2) is 24.3 Å². The van der Waals surface area contributed by atoms with Crippen molar-refractivity contribution in [1.82, 2.24) is 10.6 Å². The maximum atomic E-state index is 11.0. The molecule has 0 aliphatic carbocycles. The van der Waals surface area contributed by atoms with E-state index in [0.29, 0.717) is 30.8 Å². The number of ether oxygens (including phenoxy) is 1. The lowest BCUT2D eigenvalue weighted by molar-refractivity contribution is -0.122. The number of carbonyl (C=O) groups is 1. The molecule has 1 aliphatic heterocycles. The lowest BCUT2D eigenvalue weighted by Gasteiger charge is -2.24. The van der Waals surface area contributed by atoms with Gasteiger partial charge in [-0.15, -0.1) is 0 Å². The van der Waals surface area contributed by atoms with Gasteiger partial charge in [-0.25, -0.2) is 0 Å². The number of nitriles is 1. The molecule has 1 amide bonds. The van der Waals surface area contributed by atoms with Crippen molar-refractivity contribution in [3.8, 4) is 11.8 Å². The number of carbonyl (C=O) groups excluding carboxylic acids is 1. The van der Waals surface area contributed by atoms with Crippen LogP contribution in [0.1, 0.15) is 18.4 Å². The van der Waals surface area contributed by atoms with Crippen LogP contribution in [-0.2, 0) is 4.79 Å². The summed E-state index contributed by atoms with van der Waals surface area (Å²) in [6.07, 6.45) is 0.655. The van der Waals surface area contributed by atoms with Crippen molar-refractivity contribution in [1.29, 1.82) is 5.26 Å². The molecule has 0 radical (unpaired) electrons. The lowest BCUT2D eigenvalue weighted by atomic mass is 10.1. The average Bonchev–Trinajstić information content (AvgIpc) is 2.52. The van der Waals surface area contributed by atoms with Crippen LogP contribution in [0.25, 0.3) is 0 Å². The fourth-order valence-electron chi connectivity index (χ4n) is 2.12. The molecule has 3 N–H and O–H groups in total. The van der Waals surface area contributed by atoms with Crippen LogP contribution in [0.2, 0.25) is 0 Å². The Morgan fingerprint density at radius 3 is 3.14 bits per heavy atom. The molecule has 21 heavy (non-hydrogen) atoms. The zero-order valence-electron chi connectivity index (χ0n) is 11.7. The van der Waals surface area contributed by atoms with Crippen molar-refractivity contribution in [3.63, 3.8) is 0 Å². The highest BCUT2D eigenvalue weighted by atomic mass is 16.5. The largest absolute Gasteiger partial charge is 0.491 e. The number of piperidine rings is 1. The van der Waals surface area contributed by atoms with Gasteiger partial charge in [0.15, 0.2) is 0 Å². The molecule has 1 heterocycles. The van der Waals surface area contributed by atoms with E-state index < -0.39 is 6.10 Å². The van der Waals surface area contributed by atoms with Crippen LogP contribution >= 0.6 is 0 Å². The first-order chi connectivity index (χ1) is 10.2. The molecule has 1 aliphatic rings. The van der Waals surface area contributed by atoms with E-state index in [1.807, 2.05) is 6.07 Å². The maximum Gasteiger partial charge on any atom is 0.220 e. The van der Waals surface area contributed by atoms with Gasteiger partial charge < -0.3 is 20.5 Å². The third-order valence-electron chi connectivity index (χ3n) is 3.31. The number of aliphatic hydroxyl groups excluding tert-OH is 1. The molecule has 0 aromatic heterocycles. The Morgan fingerprint density at radius 1 is 1.57 bits per heavy atom. The molecule has 2 atom stereocenters. The average molecular weight is 289 g/mol. The number of nitrogens with zero attached hydrogens (tertiary/aromatic N) is 1. The second kappa shape index (κ2) is 7.62. The number of nitrogens with one attached hydrogen (secondary N) is 2. The highest BCUT2D eigenvalue weighted by Crippen LogP contribution is 2.12. The highest BCUT2D eigenvalue weighted by molar-refractivity contribution is 5.76. The Balaban J connectivity index is 1.68. The second-order valence-corrected chi connectivity index (χ2v) is 5.05. The summed E-state index contributed by atoms with van der Waals surface area (Å²) >= 11 is 0. The van der Waals surface area contributed by atoms with Crippen molar-refractivity contribution >= 4 is 5.91 Å². The Morgan fingerprint density at radius 2 is 2.43 bits per heavy atom. The van der Waals surface area contributed by atoms with Gasteiger partial charge in [0.05, 0.1) is 11.6 Å². The predicted octanol–water partition coefficient (Wildman–Crippen LogP) is 0.166. The summed E-state index contributed by atoms with van der Waals surface area (Å²) < 4.78 is 5.46. The molecule has 112 valence electrons. The summed E-state index contributed by atoms with van der Waals surface area (Å²) in [6, 6.07) is 9.05. The number of benzene rings is 1. The van der Waals surface area contributed by atoms with Crippen molar-refractivity contribution in [2.75, 3.05) is 19.7 Å². The van der Waals surface area contributed by atoms with Gasteiger partial charge in [-0.2, -0.15) is 5.26 Å². The van der Waals surface area contributed by atoms with Crippen molar-refractivity contribution in [2.24, 2.45) is 0 Å². The van der Waals surface area contributed by atoms with E-state index in [9.17, 15) is 9.90 Å². The van der Waals surface area contributed by atoms with Gasteiger partial charge in [-0.1, -0.05) is 6.07 Å². The molecule has 2 unspecified atom stereocenters. The molecule has 1 aromatic rings. The Bertz CT molecular complexity index is 517. The topological polar surface area (TPSA) is 94.4 Å². The minimum absolute atomic E-state index is 0.0781. The van der Waals surface area contributed by atoms with E-state index in [4.69, 9.17) is 10.00 Å². The maximum absolute atomic E-state index is 11.0. The summed E-state index contributed by atoms with van der Waals surface area (Å²) in [5.41, 5.74) is 0.526. The van der Waals surface area contributed by atoms with E-state index in [1.165, 1.54) is 0 Å². The minimum atomic E-state index is -0.645. The Hall–Kier alpha value is -2.10. The molecule has 0 bridgehead atoms. The number of rotatable bonds is 6. The van der Waals surface area contributed by atoms with Gasteiger partial charge in [-0.05, 0) is 24.6 Å².